The van der Waals surface area contributed by atoms with Gasteiger partial charge in [-0.05, 0) is 32.0 Å². The zero-order valence-corrected chi connectivity index (χ0v) is 19.1. The maximum atomic E-state index is 12.4. The predicted octanol–water partition coefficient (Wildman–Crippen LogP) is 2.39. The van der Waals surface area contributed by atoms with Crippen LogP contribution in [0.5, 0.6) is 0 Å². The summed E-state index contributed by atoms with van der Waals surface area (Å²) in [5, 5.41) is 0. The van der Waals surface area contributed by atoms with Crippen LogP contribution in [0, 0.1) is 6.92 Å². The lowest BCUT2D eigenvalue weighted by Crippen LogP contribution is -2.22. The van der Waals surface area contributed by atoms with Crippen molar-refractivity contribution in [2.45, 2.75) is 41.8 Å². The number of carbonyl (C=O) groups excluding carboxylic acids is 1. The van der Waals surface area contributed by atoms with Crippen molar-refractivity contribution in [2.24, 2.45) is 5.73 Å². The zero-order valence-electron chi connectivity index (χ0n) is 16.7. The van der Waals surface area contributed by atoms with Crippen molar-refractivity contribution in [1.29, 1.82) is 0 Å². The van der Waals surface area contributed by atoms with E-state index < -0.39 is 10.0 Å². The number of nitrogens with zero attached hydrogens (tertiary/aromatic N) is 4. The molecule has 1 amide bonds. The van der Waals surface area contributed by atoms with Gasteiger partial charge in [-0.2, -0.15) is 0 Å². The summed E-state index contributed by atoms with van der Waals surface area (Å²) >= 11 is 3.01. The summed E-state index contributed by atoms with van der Waals surface area (Å²) < 4.78 is 28.9. The maximum Gasteiger partial charge on any atom is 0.242 e. The number of rotatable bonds is 8. The van der Waals surface area contributed by atoms with Crippen molar-refractivity contribution in [3.05, 3.63) is 34.6 Å². The first-order valence-corrected chi connectivity index (χ1v) is 12.2. The SMILES string of the molecule is CCn1c(CSc2nc(C)c(CC(N)=O)s2)nc2cc(S(=O)(=O)N(C)C)ccc21. The fourth-order valence-electron chi connectivity index (χ4n) is 2.91. The lowest BCUT2D eigenvalue weighted by molar-refractivity contribution is -0.117. The van der Waals surface area contributed by atoms with E-state index in [2.05, 4.69) is 14.5 Å². The zero-order chi connectivity index (χ0) is 21.3. The lowest BCUT2D eigenvalue weighted by Gasteiger charge is -2.11. The minimum absolute atomic E-state index is 0.195. The molecule has 11 heteroatoms. The summed E-state index contributed by atoms with van der Waals surface area (Å²) in [6.07, 6.45) is 0.195. The molecule has 0 atom stereocenters. The molecule has 0 aliphatic carbocycles. The van der Waals surface area contributed by atoms with Crippen molar-refractivity contribution < 1.29 is 13.2 Å². The van der Waals surface area contributed by atoms with E-state index in [1.807, 2.05) is 13.8 Å². The van der Waals surface area contributed by atoms with E-state index in [0.717, 1.165) is 32.8 Å². The highest BCUT2D eigenvalue weighted by Gasteiger charge is 2.20. The Morgan fingerprint density at radius 3 is 2.66 bits per heavy atom. The molecule has 156 valence electrons. The van der Waals surface area contributed by atoms with Gasteiger partial charge < -0.3 is 10.3 Å². The van der Waals surface area contributed by atoms with E-state index in [1.165, 1.54) is 29.7 Å². The Hall–Kier alpha value is -1.95. The second-order valence-corrected chi connectivity index (χ2v) is 11.1. The number of thioether (sulfide) groups is 1. The van der Waals surface area contributed by atoms with Crippen molar-refractivity contribution in [3.8, 4) is 0 Å². The quantitative estimate of drug-likeness (QED) is 0.524. The van der Waals surface area contributed by atoms with Crippen LogP contribution < -0.4 is 5.73 Å². The molecule has 0 fully saturated rings. The molecule has 0 spiro atoms. The Labute approximate surface area is 178 Å². The Balaban J connectivity index is 1.89. The second kappa shape index (κ2) is 8.42. The number of hydrogen-bond acceptors (Lipinski definition) is 7. The molecule has 0 aliphatic rings. The van der Waals surface area contributed by atoms with Gasteiger partial charge in [0.2, 0.25) is 15.9 Å². The van der Waals surface area contributed by atoms with Crippen LogP contribution in [0.4, 0.5) is 0 Å². The normalized spacial score (nSPS) is 12.2. The van der Waals surface area contributed by atoms with Crippen molar-refractivity contribution in [3.63, 3.8) is 0 Å². The molecule has 0 saturated carbocycles. The molecular formula is C18H23N5O3S3. The average Bonchev–Trinajstić information content (AvgIpc) is 3.18. The van der Waals surface area contributed by atoms with Gasteiger partial charge in [0, 0.05) is 25.5 Å². The fourth-order valence-corrected chi connectivity index (χ4v) is 6.02. The summed E-state index contributed by atoms with van der Waals surface area (Å²) in [6.45, 7) is 4.61. The monoisotopic (exact) mass is 453 g/mol. The van der Waals surface area contributed by atoms with Crippen LogP contribution in [0.1, 0.15) is 23.3 Å². The minimum atomic E-state index is -3.51. The molecule has 0 unspecified atom stereocenters. The second-order valence-electron chi connectivity index (χ2n) is 6.63. The van der Waals surface area contributed by atoms with Gasteiger partial charge in [-0.1, -0.05) is 11.8 Å². The van der Waals surface area contributed by atoms with E-state index >= 15 is 0 Å². The van der Waals surface area contributed by atoms with E-state index in [0.29, 0.717) is 11.3 Å². The Morgan fingerprint density at radius 2 is 2.03 bits per heavy atom. The Morgan fingerprint density at radius 1 is 1.31 bits per heavy atom. The standard InChI is InChI=1S/C18H23N5O3S3/c1-5-23-14-7-6-12(29(25,26)22(3)4)8-13(14)21-17(23)10-27-18-20-11(2)15(28-18)9-16(19)24/h6-8H,5,9-10H2,1-4H3,(H2,19,24). The molecule has 2 heterocycles. The number of primary amides is 1. The van der Waals surface area contributed by atoms with E-state index in [4.69, 9.17) is 5.73 Å². The summed E-state index contributed by atoms with van der Waals surface area (Å²) in [4.78, 5) is 21.4. The topological polar surface area (TPSA) is 111 Å². The molecule has 3 rings (SSSR count). The molecule has 1 aromatic carbocycles. The Kier molecular flexibility index (Phi) is 6.32. The molecule has 0 radical (unpaired) electrons. The average molecular weight is 454 g/mol. The number of hydrogen-bond donors (Lipinski definition) is 1. The number of fused-ring (bicyclic) bond motifs is 1. The van der Waals surface area contributed by atoms with Crippen LogP contribution in [0.2, 0.25) is 0 Å². The third-order valence-electron chi connectivity index (χ3n) is 4.43. The largest absolute Gasteiger partial charge is 0.369 e. The van der Waals surface area contributed by atoms with Gasteiger partial charge in [0.1, 0.15) is 5.82 Å². The molecule has 0 saturated heterocycles. The molecule has 0 aliphatic heterocycles. The third-order valence-corrected chi connectivity index (χ3v) is 8.53. The van der Waals surface area contributed by atoms with Crippen molar-refractivity contribution in [2.75, 3.05) is 14.1 Å². The highest BCUT2D eigenvalue weighted by Crippen LogP contribution is 2.31. The molecule has 8 nitrogen and oxygen atoms in total. The number of thiazole rings is 1. The molecule has 3 aromatic rings. The van der Waals surface area contributed by atoms with Crippen molar-refractivity contribution >= 4 is 50.1 Å². The van der Waals surface area contributed by atoms with Crippen LogP contribution in [-0.2, 0) is 33.5 Å². The molecule has 0 bridgehead atoms. The van der Waals surface area contributed by atoms with E-state index in [9.17, 15) is 13.2 Å². The van der Waals surface area contributed by atoms with Crippen LogP contribution >= 0.6 is 23.1 Å². The number of nitrogens with two attached hydrogens (primary N) is 1. The third kappa shape index (κ3) is 4.47. The van der Waals surface area contributed by atoms with Crippen LogP contribution in [0.15, 0.2) is 27.4 Å². The van der Waals surface area contributed by atoms with Crippen LogP contribution in [0.3, 0.4) is 0 Å². The maximum absolute atomic E-state index is 12.4. The number of carbonyl (C=O) groups is 1. The molecule has 29 heavy (non-hydrogen) atoms. The van der Waals surface area contributed by atoms with E-state index in [-0.39, 0.29) is 17.2 Å². The summed E-state index contributed by atoms with van der Waals surface area (Å²) in [6, 6.07) is 5.03. The summed E-state index contributed by atoms with van der Waals surface area (Å²) in [5.41, 5.74) is 7.64. The highest BCUT2D eigenvalue weighted by molar-refractivity contribution is 8.00. The Bertz CT molecular complexity index is 1170. The molecule has 2 N–H and O–H groups in total. The van der Waals surface area contributed by atoms with Gasteiger partial charge >= 0.3 is 0 Å². The molecular weight excluding hydrogens is 430 g/mol. The number of aromatic nitrogens is 3. The van der Waals surface area contributed by atoms with E-state index in [1.54, 1.807) is 30.0 Å². The number of imidazole rings is 1. The first-order chi connectivity index (χ1) is 13.6. The van der Waals surface area contributed by atoms with Crippen LogP contribution in [0.25, 0.3) is 11.0 Å². The predicted molar refractivity (Wildman–Crippen MR) is 116 cm³/mol. The number of amides is 1. The van der Waals surface area contributed by atoms with Gasteiger partial charge in [-0.15, -0.1) is 11.3 Å². The fraction of sp³-hybridized carbons (Fsp3) is 0.389. The lowest BCUT2D eigenvalue weighted by atomic mass is 10.3. The number of sulfonamides is 1. The van der Waals surface area contributed by atoms with Gasteiger partial charge in [0.05, 0.1) is 33.8 Å². The van der Waals surface area contributed by atoms with Crippen molar-refractivity contribution in [1.82, 2.24) is 18.8 Å². The van der Waals surface area contributed by atoms with Gasteiger partial charge in [0.25, 0.3) is 0 Å². The van der Waals surface area contributed by atoms with Gasteiger partial charge in [-0.25, -0.2) is 22.7 Å². The van der Waals surface area contributed by atoms with Crippen LogP contribution in [-0.4, -0.2) is 47.3 Å². The first kappa shape index (κ1) is 21.8. The summed E-state index contributed by atoms with van der Waals surface area (Å²) in [5.74, 6) is 1.06. The first-order valence-electron chi connectivity index (χ1n) is 8.92. The number of aryl methyl sites for hydroxylation is 2. The highest BCUT2D eigenvalue weighted by atomic mass is 32.2. The smallest absolute Gasteiger partial charge is 0.242 e. The van der Waals surface area contributed by atoms with Gasteiger partial charge in [-0.3, -0.25) is 4.79 Å². The van der Waals surface area contributed by atoms with Gasteiger partial charge in [0.15, 0.2) is 4.34 Å². The summed E-state index contributed by atoms with van der Waals surface area (Å²) in [7, 11) is -0.496. The number of benzene rings is 1. The molecule has 2 aromatic heterocycles. The minimum Gasteiger partial charge on any atom is -0.369 e.